The number of anilines is 1. The summed E-state index contributed by atoms with van der Waals surface area (Å²) in [6.07, 6.45) is 2.90. The predicted molar refractivity (Wildman–Crippen MR) is 117 cm³/mol. The minimum atomic E-state index is -4.00. The molecule has 4 rings (SSSR count). The maximum absolute atomic E-state index is 13.6. The van der Waals surface area contributed by atoms with E-state index in [2.05, 4.69) is 0 Å². The van der Waals surface area contributed by atoms with Crippen LogP contribution in [0.25, 0.3) is 0 Å². The minimum absolute atomic E-state index is 0.0620. The molecular weight excluding hydrogens is 440 g/mol. The predicted octanol–water partition coefficient (Wildman–Crippen LogP) is 3.61. The molecule has 0 spiro atoms. The molecule has 1 atom stereocenters. The van der Waals surface area contributed by atoms with Gasteiger partial charge < -0.3 is 4.74 Å². The molecule has 1 saturated carbocycles. The van der Waals surface area contributed by atoms with Gasteiger partial charge in [-0.25, -0.2) is 13.3 Å². The Morgan fingerprint density at radius 3 is 2.19 bits per heavy atom. The van der Waals surface area contributed by atoms with Crippen LogP contribution in [-0.2, 0) is 19.6 Å². The highest BCUT2D eigenvalue weighted by molar-refractivity contribution is 7.89. The van der Waals surface area contributed by atoms with Crippen molar-refractivity contribution in [1.82, 2.24) is 4.31 Å². The van der Waals surface area contributed by atoms with Crippen molar-refractivity contribution in [3.05, 3.63) is 53.6 Å². The second-order valence-corrected chi connectivity index (χ2v) is 9.99. The first kappa shape index (κ1) is 21.8. The molecular formula is C22H23ClN2O5S. The van der Waals surface area contributed by atoms with Gasteiger partial charge in [0.2, 0.25) is 15.9 Å². The number of hydrogen-bond acceptors (Lipinski definition) is 5. The van der Waals surface area contributed by atoms with Gasteiger partial charge >= 0.3 is 0 Å². The zero-order chi connectivity index (χ0) is 22.2. The SMILES string of the molecule is COc1ccc(N2C(=O)CC(N(C3CCCC3)S(=O)(=O)c3ccc(Cl)cc3)C2=O)cc1. The van der Waals surface area contributed by atoms with E-state index >= 15 is 0 Å². The number of methoxy groups -OCH3 is 1. The molecule has 1 aliphatic carbocycles. The van der Waals surface area contributed by atoms with Gasteiger partial charge in [0, 0.05) is 11.1 Å². The van der Waals surface area contributed by atoms with E-state index in [0.29, 0.717) is 29.3 Å². The van der Waals surface area contributed by atoms with Gasteiger partial charge in [0.25, 0.3) is 5.91 Å². The second kappa shape index (κ2) is 8.61. The number of rotatable bonds is 6. The Hall–Kier alpha value is -2.42. The van der Waals surface area contributed by atoms with Gasteiger partial charge in [-0.15, -0.1) is 0 Å². The van der Waals surface area contributed by atoms with E-state index in [4.69, 9.17) is 16.3 Å². The number of ether oxygens (including phenoxy) is 1. The van der Waals surface area contributed by atoms with Crippen molar-refractivity contribution in [2.75, 3.05) is 12.0 Å². The average Bonchev–Trinajstić information content (AvgIpc) is 3.37. The van der Waals surface area contributed by atoms with E-state index in [9.17, 15) is 18.0 Å². The number of sulfonamides is 1. The lowest BCUT2D eigenvalue weighted by Crippen LogP contribution is -2.49. The van der Waals surface area contributed by atoms with Crippen LogP contribution in [0, 0.1) is 0 Å². The van der Waals surface area contributed by atoms with Crippen molar-refractivity contribution in [2.24, 2.45) is 0 Å². The van der Waals surface area contributed by atoms with Crippen molar-refractivity contribution < 1.29 is 22.7 Å². The van der Waals surface area contributed by atoms with Crippen LogP contribution in [0.4, 0.5) is 5.69 Å². The van der Waals surface area contributed by atoms with Crippen molar-refractivity contribution in [1.29, 1.82) is 0 Å². The molecule has 164 valence electrons. The van der Waals surface area contributed by atoms with E-state index in [1.807, 2.05) is 0 Å². The summed E-state index contributed by atoms with van der Waals surface area (Å²) < 4.78 is 33.6. The van der Waals surface area contributed by atoms with E-state index < -0.39 is 27.9 Å². The molecule has 31 heavy (non-hydrogen) atoms. The summed E-state index contributed by atoms with van der Waals surface area (Å²) in [5.41, 5.74) is 0.397. The molecule has 0 bridgehead atoms. The Bertz CT molecular complexity index is 1080. The lowest BCUT2D eigenvalue weighted by Gasteiger charge is -2.32. The summed E-state index contributed by atoms with van der Waals surface area (Å²) in [7, 11) is -2.48. The zero-order valence-corrected chi connectivity index (χ0v) is 18.6. The Morgan fingerprint density at radius 1 is 1.00 bits per heavy atom. The van der Waals surface area contributed by atoms with Gasteiger partial charge in [0.15, 0.2) is 0 Å². The monoisotopic (exact) mass is 462 g/mol. The van der Waals surface area contributed by atoms with Gasteiger partial charge in [-0.1, -0.05) is 24.4 Å². The molecule has 0 N–H and O–H groups in total. The minimum Gasteiger partial charge on any atom is -0.497 e. The van der Waals surface area contributed by atoms with Crippen LogP contribution in [0.1, 0.15) is 32.1 Å². The van der Waals surface area contributed by atoms with Crippen LogP contribution in [0.2, 0.25) is 5.02 Å². The topological polar surface area (TPSA) is 84.0 Å². The Kier molecular flexibility index (Phi) is 6.05. The maximum atomic E-state index is 13.6. The first-order valence-electron chi connectivity index (χ1n) is 10.1. The van der Waals surface area contributed by atoms with Crippen LogP contribution in [-0.4, -0.2) is 43.7 Å². The average molecular weight is 463 g/mol. The van der Waals surface area contributed by atoms with Gasteiger partial charge in [-0.3, -0.25) is 9.59 Å². The summed E-state index contributed by atoms with van der Waals surface area (Å²) in [4.78, 5) is 27.3. The number of imide groups is 1. The Labute approximate surface area is 186 Å². The summed E-state index contributed by atoms with van der Waals surface area (Å²) in [5.74, 6) is -0.355. The number of nitrogens with zero attached hydrogens (tertiary/aromatic N) is 2. The molecule has 2 amide bonds. The van der Waals surface area contributed by atoms with Crippen LogP contribution < -0.4 is 9.64 Å². The van der Waals surface area contributed by atoms with Gasteiger partial charge in [0.1, 0.15) is 11.8 Å². The first-order chi connectivity index (χ1) is 14.8. The van der Waals surface area contributed by atoms with E-state index in [1.165, 1.54) is 35.7 Å². The smallest absolute Gasteiger partial charge is 0.252 e. The zero-order valence-electron chi connectivity index (χ0n) is 17.0. The molecule has 2 aromatic carbocycles. The lowest BCUT2D eigenvalue weighted by molar-refractivity contribution is -0.122. The summed E-state index contributed by atoms with van der Waals surface area (Å²) >= 11 is 5.92. The molecule has 1 aliphatic heterocycles. The molecule has 2 aliphatic rings. The summed E-state index contributed by atoms with van der Waals surface area (Å²) in [6.45, 7) is 0. The molecule has 1 unspecified atom stereocenters. The quantitative estimate of drug-likeness (QED) is 0.612. The largest absolute Gasteiger partial charge is 0.497 e. The summed E-state index contributed by atoms with van der Waals surface area (Å²) in [5, 5.41) is 0.421. The van der Waals surface area contributed by atoms with Gasteiger partial charge in [-0.05, 0) is 61.4 Å². The Morgan fingerprint density at radius 2 is 1.61 bits per heavy atom. The van der Waals surface area contributed by atoms with Crippen LogP contribution in [0.5, 0.6) is 5.75 Å². The highest BCUT2D eigenvalue weighted by Crippen LogP contribution is 2.36. The highest BCUT2D eigenvalue weighted by atomic mass is 35.5. The van der Waals surface area contributed by atoms with Crippen LogP contribution >= 0.6 is 11.6 Å². The fourth-order valence-corrected chi connectivity index (χ4v) is 6.28. The first-order valence-corrected chi connectivity index (χ1v) is 11.9. The lowest BCUT2D eigenvalue weighted by atomic mass is 10.2. The normalized spacial score (nSPS) is 20.1. The number of halogens is 1. The molecule has 7 nitrogen and oxygen atoms in total. The fourth-order valence-electron chi connectivity index (χ4n) is 4.32. The van der Waals surface area contributed by atoms with Gasteiger partial charge in [-0.2, -0.15) is 4.31 Å². The van der Waals surface area contributed by atoms with Crippen molar-refractivity contribution >= 4 is 39.1 Å². The third-order valence-electron chi connectivity index (χ3n) is 5.83. The fraction of sp³-hybridized carbons (Fsp3) is 0.364. The third-order valence-corrected chi connectivity index (χ3v) is 8.06. The second-order valence-electron chi connectivity index (χ2n) is 7.71. The third kappa shape index (κ3) is 4.07. The van der Waals surface area contributed by atoms with Crippen molar-refractivity contribution in [3.8, 4) is 5.75 Å². The van der Waals surface area contributed by atoms with E-state index in [-0.39, 0.29) is 17.4 Å². The standard InChI is InChI=1S/C22H23ClN2O5S/c1-30-18-10-8-16(9-11-18)24-21(26)14-20(22(24)27)25(17-4-2-3-5-17)31(28,29)19-12-6-15(23)7-13-19/h6-13,17,20H,2-5,14H2,1H3. The number of amides is 2. The number of benzene rings is 2. The molecule has 9 heteroatoms. The van der Waals surface area contributed by atoms with Crippen molar-refractivity contribution in [3.63, 3.8) is 0 Å². The number of carbonyl (C=O) groups excluding carboxylic acids is 2. The van der Waals surface area contributed by atoms with Gasteiger partial charge in [0.05, 0.1) is 24.1 Å². The van der Waals surface area contributed by atoms with E-state index in [0.717, 1.165) is 17.7 Å². The molecule has 1 saturated heterocycles. The van der Waals surface area contributed by atoms with E-state index in [1.54, 1.807) is 24.3 Å². The highest BCUT2D eigenvalue weighted by Gasteiger charge is 2.49. The number of hydrogen-bond donors (Lipinski definition) is 0. The molecule has 0 aromatic heterocycles. The number of carbonyl (C=O) groups is 2. The van der Waals surface area contributed by atoms with Crippen LogP contribution in [0.3, 0.4) is 0 Å². The molecule has 0 radical (unpaired) electrons. The maximum Gasteiger partial charge on any atom is 0.252 e. The molecule has 2 fully saturated rings. The van der Waals surface area contributed by atoms with Crippen LogP contribution in [0.15, 0.2) is 53.4 Å². The van der Waals surface area contributed by atoms with Crippen molar-refractivity contribution in [2.45, 2.75) is 49.1 Å². The summed E-state index contributed by atoms with van der Waals surface area (Å²) in [6, 6.07) is 11.0. The molecule has 2 aromatic rings. The molecule has 1 heterocycles. The Balaban J connectivity index is 1.71.